The van der Waals surface area contributed by atoms with Crippen LogP contribution in [-0.2, 0) is 0 Å². The smallest absolute Gasteiger partial charge is 0.264 e. The van der Waals surface area contributed by atoms with E-state index >= 15 is 0 Å². The van der Waals surface area contributed by atoms with Crippen LogP contribution in [0.4, 0.5) is 0 Å². The molecule has 0 radical (unpaired) electrons. The summed E-state index contributed by atoms with van der Waals surface area (Å²) >= 11 is 1.52. The van der Waals surface area contributed by atoms with Crippen LogP contribution in [0, 0.1) is 13.8 Å². The third-order valence-corrected chi connectivity index (χ3v) is 6.40. The first kappa shape index (κ1) is 18.9. The van der Waals surface area contributed by atoms with Gasteiger partial charge in [0.15, 0.2) is 0 Å². The van der Waals surface area contributed by atoms with Crippen molar-refractivity contribution >= 4 is 17.2 Å². The van der Waals surface area contributed by atoms with Gasteiger partial charge in [0.05, 0.1) is 10.9 Å². The normalized spacial score (nSPS) is 16.1. The highest BCUT2D eigenvalue weighted by molar-refractivity contribution is 7.12. The van der Waals surface area contributed by atoms with Crippen molar-refractivity contribution in [1.82, 2.24) is 9.80 Å². The molecular formula is C24H26N2OS. The van der Waals surface area contributed by atoms with Gasteiger partial charge in [-0.15, -0.1) is 11.3 Å². The van der Waals surface area contributed by atoms with Crippen LogP contribution in [0.5, 0.6) is 0 Å². The van der Waals surface area contributed by atoms with Crippen molar-refractivity contribution in [2.45, 2.75) is 19.9 Å². The molecule has 3 aromatic rings. The van der Waals surface area contributed by atoms with E-state index in [1.165, 1.54) is 33.6 Å². The number of thiophene rings is 1. The number of hydrogen-bond donors (Lipinski definition) is 0. The van der Waals surface area contributed by atoms with Gasteiger partial charge in [-0.3, -0.25) is 9.69 Å². The lowest BCUT2D eigenvalue weighted by molar-refractivity contribution is 0.0601. The molecule has 1 saturated heterocycles. The first-order chi connectivity index (χ1) is 13.6. The van der Waals surface area contributed by atoms with Crippen LogP contribution >= 0.6 is 11.3 Å². The van der Waals surface area contributed by atoms with E-state index in [0.29, 0.717) is 0 Å². The third-order valence-electron chi connectivity index (χ3n) is 5.54. The predicted octanol–water partition coefficient (Wildman–Crippen LogP) is 4.91. The molecule has 4 rings (SSSR count). The molecule has 0 N–H and O–H groups in total. The molecule has 4 heteroatoms. The number of carbonyl (C=O) groups excluding carboxylic acids is 1. The highest BCUT2D eigenvalue weighted by Gasteiger charge is 2.29. The second-order valence-electron chi connectivity index (χ2n) is 7.48. The molecule has 3 nitrogen and oxygen atoms in total. The molecule has 0 unspecified atom stereocenters. The summed E-state index contributed by atoms with van der Waals surface area (Å²) in [7, 11) is 0. The fourth-order valence-corrected chi connectivity index (χ4v) is 4.71. The van der Waals surface area contributed by atoms with Crippen LogP contribution in [0.3, 0.4) is 0 Å². The number of aryl methyl sites for hydroxylation is 2. The van der Waals surface area contributed by atoms with Gasteiger partial charge in [0, 0.05) is 26.2 Å². The highest BCUT2D eigenvalue weighted by atomic mass is 32.1. The van der Waals surface area contributed by atoms with Crippen LogP contribution in [0.2, 0.25) is 0 Å². The maximum absolute atomic E-state index is 12.7. The Morgan fingerprint density at radius 2 is 1.68 bits per heavy atom. The van der Waals surface area contributed by atoms with Crippen molar-refractivity contribution in [3.63, 3.8) is 0 Å². The summed E-state index contributed by atoms with van der Waals surface area (Å²) in [6.07, 6.45) is 0. The molecule has 0 bridgehead atoms. The van der Waals surface area contributed by atoms with Crippen LogP contribution in [0.1, 0.15) is 38.0 Å². The van der Waals surface area contributed by atoms with Crippen molar-refractivity contribution < 1.29 is 4.79 Å². The van der Waals surface area contributed by atoms with Gasteiger partial charge in [-0.1, -0.05) is 60.2 Å². The number of hydrogen-bond acceptors (Lipinski definition) is 3. The molecule has 28 heavy (non-hydrogen) atoms. The lowest BCUT2D eigenvalue weighted by atomic mass is 9.92. The van der Waals surface area contributed by atoms with E-state index in [9.17, 15) is 4.79 Å². The van der Waals surface area contributed by atoms with E-state index in [1.807, 2.05) is 22.4 Å². The second-order valence-corrected chi connectivity index (χ2v) is 8.43. The lowest BCUT2D eigenvalue weighted by Crippen LogP contribution is -2.49. The van der Waals surface area contributed by atoms with Crippen LogP contribution in [-0.4, -0.2) is 41.9 Å². The molecule has 0 saturated carbocycles. The number of amides is 1. The topological polar surface area (TPSA) is 23.6 Å². The van der Waals surface area contributed by atoms with Gasteiger partial charge >= 0.3 is 0 Å². The van der Waals surface area contributed by atoms with Crippen LogP contribution in [0.15, 0.2) is 66.0 Å². The van der Waals surface area contributed by atoms with Gasteiger partial charge in [0.25, 0.3) is 5.91 Å². The minimum absolute atomic E-state index is 0.164. The minimum atomic E-state index is 0.164. The van der Waals surface area contributed by atoms with Gasteiger partial charge in [0.2, 0.25) is 0 Å². The Kier molecular flexibility index (Phi) is 5.60. The summed E-state index contributed by atoms with van der Waals surface area (Å²) in [5.41, 5.74) is 5.28. The summed E-state index contributed by atoms with van der Waals surface area (Å²) in [6.45, 7) is 7.65. The SMILES string of the molecule is Cc1ccc(C)c([C@@H](c2ccccc2)N2CCN(C(=O)c3cccs3)CC2)c1. The molecule has 1 amide bonds. The molecule has 144 valence electrons. The van der Waals surface area contributed by atoms with E-state index in [1.54, 1.807) is 0 Å². The van der Waals surface area contributed by atoms with Crippen LogP contribution < -0.4 is 0 Å². The fraction of sp³-hybridized carbons (Fsp3) is 0.292. The maximum atomic E-state index is 12.7. The number of carbonyl (C=O) groups is 1. The molecule has 0 spiro atoms. The number of piperazine rings is 1. The summed E-state index contributed by atoms with van der Waals surface area (Å²) in [5.74, 6) is 0.164. The monoisotopic (exact) mass is 390 g/mol. The molecule has 1 fully saturated rings. The van der Waals surface area contributed by atoms with Crippen molar-refractivity contribution in [3.05, 3.63) is 93.2 Å². The summed E-state index contributed by atoms with van der Waals surface area (Å²) in [4.78, 5) is 18.0. The Labute approximate surface area is 171 Å². The molecule has 1 aliphatic rings. The van der Waals surface area contributed by atoms with E-state index in [2.05, 4.69) is 67.3 Å². The van der Waals surface area contributed by atoms with E-state index in [-0.39, 0.29) is 11.9 Å². The van der Waals surface area contributed by atoms with Gasteiger partial charge in [0.1, 0.15) is 0 Å². The molecular weight excluding hydrogens is 364 g/mol. The molecule has 1 atom stereocenters. The second kappa shape index (κ2) is 8.29. The van der Waals surface area contributed by atoms with E-state index in [4.69, 9.17) is 0 Å². The number of benzene rings is 2. The third kappa shape index (κ3) is 3.89. The zero-order valence-electron chi connectivity index (χ0n) is 16.5. The van der Waals surface area contributed by atoms with Gasteiger partial charge in [-0.05, 0) is 42.0 Å². The van der Waals surface area contributed by atoms with Crippen molar-refractivity contribution in [2.24, 2.45) is 0 Å². The quantitative estimate of drug-likeness (QED) is 0.632. The predicted molar refractivity (Wildman–Crippen MR) is 116 cm³/mol. The van der Waals surface area contributed by atoms with E-state index < -0.39 is 0 Å². The minimum Gasteiger partial charge on any atom is -0.335 e. The van der Waals surface area contributed by atoms with Crippen LogP contribution in [0.25, 0.3) is 0 Å². The summed E-state index contributed by atoms with van der Waals surface area (Å²) in [6, 6.07) is 21.5. The zero-order valence-corrected chi connectivity index (χ0v) is 17.3. The Bertz CT molecular complexity index is 929. The van der Waals surface area contributed by atoms with Crippen molar-refractivity contribution in [1.29, 1.82) is 0 Å². The van der Waals surface area contributed by atoms with Gasteiger partial charge in [-0.25, -0.2) is 0 Å². The Morgan fingerprint density at radius 3 is 2.36 bits per heavy atom. The molecule has 2 heterocycles. The van der Waals surface area contributed by atoms with E-state index in [0.717, 1.165) is 31.1 Å². The first-order valence-corrected chi connectivity index (χ1v) is 10.7. The summed E-state index contributed by atoms with van der Waals surface area (Å²) in [5, 5.41) is 1.97. The van der Waals surface area contributed by atoms with Crippen molar-refractivity contribution in [2.75, 3.05) is 26.2 Å². The average Bonchev–Trinajstić information content (AvgIpc) is 3.26. The molecule has 0 aliphatic carbocycles. The highest BCUT2D eigenvalue weighted by Crippen LogP contribution is 2.32. The Hall–Kier alpha value is -2.43. The fourth-order valence-electron chi connectivity index (χ4n) is 4.02. The maximum Gasteiger partial charge on any atom is 0.264 e. The zero-order chi connectivity index (χ0) is 19.5. The number of rotatable bonds is 4. The average molecular weight is 391 g/mol. The van der Waals surface area contributed by atoms with Crippen molar-refractivity contribution in [3.8, 4) is 0 Å². The first-order valence-electron chi connectivity index (χ1n) is 9.82. The molecule has 2 aromatic carbocycles. The largest absolute Gasteiger partial charge is 0.335 e. The standard InChI is InChI=1S/C24H26N2OS/c1-18-10-11-19(2)21(17-18)23(20-7-4-3-5-8-20)25-12-14-26(15-13-25)24(27)22-9-6-16-28-22/h3-11,16-17,23H,12-15H2,1-2H3/t23-/m1/s1. The number of nitrogens with zero attached hydrogens (tertiary/aromatic N) is 2. The summed E-state index contributed by atoms with van der Waals surface area (Å²) < 4.78 is 0. The molecule has 1 aliphatic heterocycles. The Morgan fingerprint density at radius 1 is 0.929 bits per heavy atom. The lowest BCUT2D eigenvalue weighted by Gasteiger charge is -2.40. The molecule has 1 aromatic heterocycles. The van der Waals surface area contributed by atoms with Gasteiger partial charge in [-0.2, -0.15) is 0 Å². The Balaban J connectivity index is 1.58. The van der Waals surface area contributed by atoms with Gasteiger partial charge < -0.3 is 4.90 Å².